The second-order valence-electron chi connectivity index (χ2n) is 7.82. The first-order valence-electron chi connectivity index (χ1n) is 10.3. The minimum absolute atomic E-state index is 0.0308. The van der Waals surface area contributed by atoms with Crippen LogP contribution < -0.4 is 15.5 Å². The van der Waals surface area contributed by atoms with Crippen molar-refractivity contribution in [2.45, 2.75) is 46.1 Å². The fourth-order valence-corrected chi connectivity index (χ4v) is 3.43. The largest absolute Gasteiger partial charge is 0.350 e. The smallest absolute Gasteiger partial charge is 0.279 e. The van der Waals surface area contributed by atoms with Crippen molar-refractivity contribution in [2.75, 3.05) is 25.5 Å². The lowest BCUT2D eigenvalue weighted by atomic mass is 9.96. The van der Waals surface area contributed by atoms with Crippen LogP contribution in [-0.4, -0.2) is 38.0 Å². The Morgan fingerprint density at radius 3 is 2.21 bits per heavy atom. The Morgan fingerprint density at radius 1 is 1.00 bits per heavy atom. The van der Waals surface area contributed by atoms with Crippen LogP contribution in [0, 0.1) is 13.8 Å². The number of carbonyl (C=O) groups is 2. The van der Waals surface area contributed by atoms with Crippen LogP contribution >= 0.6 is 0 Å². The molecule has 0 aromatic heterocycles. The van der Waals surface area contributed by atoms with Crippen LogP contribution in [0.1, 0.15) is 42.9 Å². The maximum atomic E-state index is 12.6. The maximum absolute atomic E-state index is 12.6. The van der Waals surface area contributed by atoms with E-state index in [1.165, 1.54) is 5.56 Å². The molecule has 5 heteroatoms. The molecule has 0 aliphatic rings. The topological polar surface area (TPSA) is 62.6 Å². The highest BCUT2D eigenvalue weighted by atomic mass is 16.2. The van der Waals surface area contributed by atoms with Crippen LogP contribution in [0.25, 0.3) is 0 Å². The molecule has 29 heavy (non-hydrogen) atoms. The molecule has 5 nitrogen and oxygen atoms in total. The van der Waals surface area contributed by atoms with Gasteiger partial charge in [0.2, 0.25) is 0 Å². The zero-order valence-corrected chi connectivity index (χ0v) is 18.2. The number of carbonyl (C=O) groups excluding carboxylic acids is 2. The second-order valence-corrected chi connectivity index (χ2v) is 7.82. The van der Waals surface area contributed by atoms with E-state index in [9.17, 15) is 9.59 Å². The number of benzene rings is 2. The van der Waals surface area contributed by atoms with Crippen LogP contribution in [0.15, 0.2) is 48.5 Å². The number of para-hydroxylation sites is 1. The number of likely N-dealkylation sites (N-methyl/N-ethyl adjacent to an activating group) is 1. The van der Waals surface area contributed by atoms with Crippen molar-refractivity contribution in [1.82, 2.24) is 5.32 Å². The molecule has 0 bridgehead atoms. The van der Waals surface area contributed by atoms with Gasteiger partial charge < -0.3 is 15.5 Å². The van der Waals surface area contributed by atoms with Crippen molar-refractivity contribution in [3.63, 3.8) is 0 Å². The zero-order chi connectivity index (χ0) is 21.4. The lowest BCUT2D eigenvalue weighted by molar-refractivity contribution is -0.885. The molecule has 0 fully saturated rings. The van der Waals surface area contributed by atoms with Crippen molar-refractivity contribution in [3.8, 4) is 0 Å². The van der Waals surface area contributed by atoms with Gasteiger partial charge >= 0.3 is 0 Å². The number of quaternary nitrogens is 1. The SMILES string of the molecule is CC[C@@H](CNC(=O)[C@H](C)[NH+](C)CC(=O)Nc1c(C)cccc1C)c1ccccc1. The minimum atomic E-state index is -0.313. The Morgan fingerprint density at radius 2 is 1.62 bits per heavy atom. The van der Waals surface area contributed by atoms with Gasteiger partial charge in [0, 0.05) is 18.2 Å². The molecule has 0 radical (unpaired) electrons. The van der Waals surface area contributed by atoms with Crippen molar-refractivity contribution in [2.24, 2.45) is 0 Å². The highest BCUT2D eigenvalue weighted by molar-refractivity contribution is 5.93. The van der Waals surface area contributed by atoms with Crippen LogP contribution in [0.3, 0.4) is 0 Å². The lowest BCUT2D eigenvalue weighted by Gasteiger charge is -2.23. The molecule has 0 heterocycles. The molecule has 0 saturated heterocycles. The quantitative estimate of drug-likeness (QED) is 0.610. The molecule has 0 saturated carbocycles. The molecule has 1 unspecified atom stereocenters. The van der Waals surface area contributed by atoms with Gasteiger partial charge in [-0.2, -0.15) is 0 Å². The van der Waals surface area contributed by atoms with Crippen LogP contribution in [-0.2, 0) is 9.59 Å². The summed E-state index contributed by atoms with van der Waals surface area (Å²) in [6.07, 6.45) is 0.958. The van der Waals surface area contributed by atoms with E-state index in [1.54, 1.807) is 0 Å². The summed E-state index contributed by atoms with van der Waals surface area (Å²) in [7, 11) is 1.88. The molecule has 0 aliphatic carbocycles. The molecule has 2 rings (SSSR count). The van der Waals surface area contributed by atoms with E-state index in [-0.39, 0.29) is 24.4 Å². The Labute approximate surface area is 174 Å². The van der Waals surface area contributed by atoms with Gasteiger partial charge in [0.25, 0.3) is 11.8 Å². The van der Waals surface area contributed by atoms with Gasteiger partial charge in [0.15, 0.2) is 12.6 Å². The molecule has 0 spiro atoms. The minimum Gasteiger partial charge on any atom is -0.350 e. The van der Waals surface area contributed by atoms with E-state index in [2.05, 4.69) is 29.7 Å². The Bertz CT molecular complexity index is 800. The van der Waals surface area contributed by atoms with Gasteiger partial charge in [-0.15, -0.1) is 0 Å². The predicted octanol–water partition coefficient (Wildman–Crippen LogP) is 2.46. The fourth-order valence-electron chi connectivity index (χ4n) is 3.43. The average molecular weight is 397 g/mol. The number of nitrogens with one attached hydrogen (secondary N) is 3. The molecular formula is C24H34N3O2+. The number of aryl methyl sites for hydroxylation is 2. The molecular weight excluding hydrogens is 362 g/mol. The number of rotatable bonds is 9. The number of hydrogen-bond acceptors (Lipinski definition) is 2. The summed E-state index contributed by atoms with van der Waals surface area (Å²) in [5, 5.41) is 6.06. The third kappa shape index (κ3) is 6.43. The summed E-state index contributed by atoms with van der Waals surface area (Å²) < 4.78 is 0. The normalized spacial score (nSPS) is 14.0. The maximum Gasteiger partial charge on any atom is 0.279 e. The van der Waals surface area contributed by atoms with Crippen molar-refractivity contribution >= 4 is 17.5 Å². The Hall–Kier alpha value is -2.66. The third-order valence-corrected chi connectivity index (χ3v) is 5.60. The number of anilines is 1. The van der Waals surface area contributed by atoms with E-state index in [4.69, 9.17) is 0 Å². The van der Waals surface area contributed by atoms with E-state index < -0.39 is 0 Å². The van der Waals surface area contributed by atoms with Gasteiger partial charge in [-0.1, -0.05) is 55.5 Å². The van der Waals surface area contributed by atoms with Crippen molar-refractivity contribution in [1.29, 1.82) is 0 Å². The third-order valence-electron chi connectivity index (χ3n) is 5.60. The van der Waals surface area contributed by atoms with Crippen molar-refractivity contribution < 1.29 is 14.5 Å². The van der Waals surface area contributed by atoms with Gasteiger partial charge in [-0.05, 0) is 43.9 Å². The van der Waals surface area contributed by atoms with Gasteiger partial charge in [-0.25, -0.2) is 0 Å². The Kier molecular flexibility index (Phi) is 8.40. The van der Waals surface area contributed by atoms with E-state index >= 15 is 0 Å². The Balaban J connectivity index is 1.87. The molecule has 2 aromatic rings. The van der Waals surface area contributed by atoms with Gasteiger partial charge in [0.1, 0.15) is 0 Å². The van der Waals surface area contributed by atoms with E-state index in [1.807, 2.05) is 64.2 Å². The predicted molar refractivity (Wildman–Crippen MR) is 118 cm³/mol. The van der Waals surface area contributed by atoms with E-state index in [0.29, 0.717) is 12.5 Å². The molecule has 3 N–H and O–H groups in total. The summed E-state index contributed by atoms with van der Waals surface area (Å²) in [4.78, 5) is 26.0. The number of amides is 2. The van der Waals surface area contributed by atoms with Crippen LogP contribution in [0.4, 0.5) is 5.69 Å². The summed E-state index contributed by atoms with van der Waals surface area (Å²) in [6, 6.07) is 15.9. The van der Waals surface area contributed by atoms with Crippen molar-refractivity contribution in [3.05, 3.63) is 65.2 Å². The monoisotopic (exact) mass is 396 g/mol. The molecule has 0 aliphatic heterocycles. The highest BCUT2D eigenvalue weighted by Crippen LogP contribution is 2.19. The average Bonchev–Trinajstić information content (AvgIpc) is 2.71. The summed E-state index contributed by atoms with van der Waals surface area (Å²) >= 11 is 0. The van der Waals surface area contributed by atoms with Crippen LogP contribution in [0.2, 0.25) is 0 Å². The molecule has 2 amide bonds. The molecule has 156 valence electrons. The first-order chi connectivity index (χ1) is 13.8. The number of hydrogen-bond donors (Lipinski definition) is 3. The summed E-state index contributed by atoms with van der Waals surface area (Å²) in [5.41, 5.74) is 4.16. The first kappa shape index (κ1) is 22.6. The fraction of sp³-hybridized carbons (Fsp3) is 0.417. The standard InChI is InChI=1S/C24H33N3O2/c1-6-20(21-13-8-7-9-14-21)15-25-24(29)19(4)27(5)16-22(28)26-23-17(2)11-10-12-18(23)3/h7-14,19-20H,6,15-16H2,1-5H3,(H,25,29)(H,26,28)/p+1/t19-,20-/m0/s1. The zero-order valence-electron chi connectivity index (χ0n) is 18.2. The van der Waals surface area contributed by atoms with Gasteiger partial charge in [0.05, 0.1) is 7.05 Å². The summed E-state index contributed by atoms with van der Waals surface area (Å²) in [6.45, 7) is 8.78. The van der Waals surface area contributed by atoms with Gasteiger partial charge in [-0.3, -0.25) is 9.59 Å². The van der Waals surface area contributed by atoms with Crippen LogP contribution in [0.5, 0.6) is 0 Å². The molecule has 3 atom stereocenters. The summed E-state index contributed by atoms with van der Waals surface area (Å²) in [5.74, 6) is 0.173. The molecule has 2 aromatic carbocycles. The first-order valence-corrected chi connectivity index (χ1v) is 10.3. The van der Waals surface area contributed by atoms with E-state index in [0.717, 1.165) is 28.1 Å². The second kappa shape index (κ2) is 10.8. The highest BCUT2D eigenvalue weighted by Gasteiger charge is 2.24. The lowest BCUT2D eigenvalue weighted by Crippen LogP contribution is -3.15.